The van der Waals surface area contributed by atoms with Crippen LogP contribution in [0, 0.1) is 9.49 Å². The molecule has 86 valence electrons. The van der Waals surface area contributed by atoms with E-state index >= 15 is 0 Å². The van der Waals surface area contributed by atoms with Crippen molar-refractivity contribution in [1.82, 2.24) is 4.98 Å². The second-order valence-corrected chi connectivity index (χ2v) is 5.07. The minimum atomic E-state index is -0.671. The number of piperidine rings is 1. The highest BCUT2D eigenvalue weighted by Crippen LogP contribution is 2.25. The summed E-state index contributed by atoms with van der Waals surface area (Å²) in [5.41, 5.74) is 0. The van der Waals surface area contributed by atoms with Crippen LogP contribution in [0.5, 0.6) is 0 Å². The van der Waals surface area contributed by atoms with Gasteiger partial charge in [0.2, 0.25) is 0 Å². The van der Waals surface area contributed by atoms with Crippen LogP contribution in [-0.4, -0.2) is 29.1 Å². The standard InChI is InChI=1S/C11H13IN2O2/c12-9-2-1-5-13-10(9)14-6-3-8(4-7-14)11(15)16/h1-2,5,8H,3-4,6-7H2,(H,15,16). The van der Waals surface area contributed by atoms with E-state index in [0.29, 0.717) is 12.8 Å². The first-order valence-electron chi connectivity index (χ1n) is 5.27. The molecule has 0 aromatic carbocycles. The number of nitrogens with zero attached hydrogens (tertiary/aromatic N) is 2. The maximum Gasteiger partial charge on any atom is 0.306 e. The molecule has 2 rings (SSSR count). The lowest BCUT2D eigenvalue weighted by Crippen LogP contribution is -2.37. The van der Waals surface area contributed by atoms with Crippen LogP contribution < -0.4 is 4.90 Å². The summed E-state index contributed by atoms with van der Waals surface area (Å²) in [5, 5.41) is 8.91. The molecule has 1 fully saturated rings. The van der Waals surface area contributed by atoms with Crippen molar-refractivity contribution in [3.63, 3.8) is 0 Å². The molecule has 0 atom stereocenters. The third kappa shape index (κ3) is 2.45. The summed E-state index contributed by atoms with van der Waals surface area (Å²) in [7, 11) is 0. The molecule has 0 spiro atoms. The monoisotopic (exact) mass is 332 g/mol. The van der Waals surface area contributed by atoms with Gasteiger partial charge < -0.3 is 10.0 Å². The van der Waals surface area contributed by atoms with E-state index in [0.717, 1.165) is 22.5 Å². The van der Waals surface area contributed by atoms with Crippen LogP contribution in [0.1, 0.15) is 12.8 Å². The topological polar surface area (TPSA) is 53.4 Å². The molecule has 0 radical (unpaired) electrons. The third-order valence-corrected chi connectivity index (χ3v) is 3.72. The Morgan fingerprint density at radius 3 is 2.75 bits per heavy atom. The number of anilines is 1. The average Bonchev–Trinajstić information content (AvgIpc) is 2.30. The van der Waals surface area contributed by atoms with E-state index in [-0.39, 0.29) is 5.92 Å². The van der Waals surface area contributed by atoms with Crippen LogP contribution >= 0.6 is 22.6 Å². The number of pyridine rings is 1. The van der Waals surface area contributed by atoms with Crippen molar-refractivity contribution in [3.8, 4) is 0 Å². The zero-order chi connectivity index (χ0) is 11.5. The zero-order valence-electron chi connectivity index (χ0n) is 8.77. The Labute approximate surface area is 108 Å². The third-order valence-electron chi connectivity index (χ3n) is 2.88. The number of rotatable bonds is 2. The van der Waals surface area contributed by atoms with Gasteiger partial charge in [0.05, 0.1) is 9.49 Å². The highest BCUT2D eigenvalue weighted by molar-refractivity contribution is 14.1. The molecule has 0 bridgehead atoms. The van der Waals surface area contributed by atoms with Crippen molar-refractivity contribution in [2.75, 3.05) is 18.0 Å². The molecule has 5 heteroatoms. The molecule has 1 aromatic heterocycles. The molecule has 1 aliphatic heterocycles. The van der Waals surface area contributed by atoms with Crippen LogP contribution in [-0.2, 0) is 4.79 Å². The number of carbonyl (C=O) groups is 1. The zero-order valence-corrected chi connectivity index (χ0v) is 10.9. The van der Waals surface area contributed by atoms with Gasteiger partial charge in [0.25, 0.3) is 0 Å². The predicted molar refractivity (Wildman–Crippen MR) is 69.5 cm³/mol. The second-order valence-electron chi connectivity index (χ2n) is 3.91. The fourth-order valence-electron chi connectivity index (χ4n) is 1.95. The number of halogens is 1. The van der Waals surface area contributed by atoms with Crippen molar-refractivity contribution >= 4 is 34.4 Å². The van der Waals surface area contributed by atoms with E-state index in [1.165, 1.54) is 0 Å². The SMILES string of the molecule is O=C(O)C1CCN(c2ncccc2I)CC1. The summed E-state index contributed by atoms with van der Waals surface area (Å²) in [4.78, 5) is 17.3. The van der Waals surface area contributed by atoms with E-state index in [4.69, 9.17) is 5.11 Å². The molecular weight excluding hydrogens is 319 g/mol. The lowest BCUT2D eigenvalue weighted by atomic mass is 9.97. The van der Waals surface area contributed by atoms with Gasteiger partial charge in [-0.15, -0.1) is 0 Å². The highest BCUT2D eigenvalue weighted by atomic mass is 127. The maximum atomic E-state index is 10.8. The predicted octanol–water partition coefficient (Wildman–Crippen LogP) is 1.99. The van der Waals surface area contributed by atoms with E-state index in [1.807, 2.05) is 12.1 Å². The van der Waals surface area contributed by atoms with Gasteiger partial charge in [-0.3, -0.25) is 4.79 Å². The Morgan fingerprint density at radius 1 is 1.50 bits per heavy atom. The lowest BCUT2D eigenvalue weighted by molar-refractivity contribution is -0.142. The Kier molecular flexibility index (Phi) is 3.63. The molecule has 1 aromatic rings. The second kappa shape index (κ2) is 4.99. The number of hydrogen-bond donors (Lipinski definition) is 1. The molecule has 0 unspecified atom stereocenters. The normalized spacial score (nSPS) is 17.4. The molecule has 0 aliphatic carbocycles. The summed E-state index contributed by atoms with van der Waals surface area (Å²) in [6.45, 7) is 1.56. The first kappa shape index (κ1) is 11.6. The fraction of sp³-hybridized carbons (Fsp3) is 0.455. The van der Waals surface area contributed by atoms with Gasteiger partial charge >= 0.3 is 5.97 Å². The number of aromatic nitrogens is 1. The minimum absolute atomic E-state index is 0.183. The van der Waals surface area contributed by atoms with Gasteiger partial charge in [-0.1, -0.05) is 0 Å². The first-order valence-corrected chi connectivity index (χ1v) is 6.34. The lowest BCUT2D eigenvalue weighted by Gasteiger charge is -2.31. The molecule has 2 heterocycles. The van der Waals surface area contributed by atoms with Crippen molar-refractivity contribution in [3.05, 3.63) is 21.9 Å². The molecule has 1 N–H and O–H groups in total. The number of hydrogen-bond acceptors (Lipinski definition) is 3. The molecule has 0 saturated carbocycles. The summed E-state index contributed by atoms with van der Waals surface area (Å²) in [6, 6.07) is 3.93. The number of carboxylic acid groups (broad SMARTS) is 1. The van der Waals surface area contributed by atoms with Gasteiger partial charge in [-0.2, -0.15) is 0 Å². The van der Waals surface area contributed by atoms with E-state index in [2.05, 4.69) is 32.5 Å². The number of aliphatic carboxylic acids is 1. The van der Waals surface area contributed by atoms with Gasteiger partial charge in [0, 0.05) is 19.3 Å². The van der Waals surface area contributed by atoms with Crippen LogP contribution in [0.4, 0.5) is 5.82 Å². The van der Waals surface area contributed by atoms with Crippen molar-refractivity contribution in [2.24, 2.45) is 5.92 Å². The van der Waals surface area contributed by atoms with E-state index < -0.39 is 5.97 Å². The fourth-order valence-corrected chi connectivity index (χ4v) is 2.64. The minimum Gasteiger partial charge on any atom is -0.481 e. The summed E-state index contributed by atoms with van der Waals surface area (Å²) >= 11 is 2.26. The van der Waals surface area contributed by atoms with Crippen LogP contribution in [0.2, 0.25) is 0 Å². The van der Waals surface area contributed by atoms with E-state index in [1.54, 1.807) is 6.20 Å². The van der Waals surface area contributed by atoms with Gasteiger partial charge in [-0.05, 0) is 47.6 Å². The Bertz CT molecular complexity index is 389. The highest BCUT2D eigenvalue weighted by Gasteiger charge is 2.25. The van der Waals surface area contributed by atoms with Crippen molar-refractivity contribution in [1.29, 1.82) is 0 Å². The van der Waals surface area contributed by atoms with Gasteiger partial charge in [-0.25, -0.2) is 4.98 Å². The summed E-state index contributed by atoms with van der Waals surface area (Å²) in [5.74, 6) is 0.125. The van der Waals surface area contributed by atoms with Crippen molar-refractivity contribution in [2.45, 2.75) is 12.8 Å². The Balaban J connectivity index is 2.05. The van der Waals surface area contributed by atoms with Crippen LogP contribution in [0.3, 0.4) is 0 Å². The molecule has 1 aliphatic rings. The molecule has 16 heavy (non-hydrogen) atoms. The van der Waals surface area contributed by atoms with Crippen LogP contribution in [0.15, 0.2) is 18.3 Å². The smallest absolute Gasteiger partial charge is 0.306 e. The Morgan fingerprint density at radius 2 is 2.19 bits per heavy atom. The quantitative estimate of drug-likeness (QED) is 0.842. The molecular formula is C11H13IN2O2. The summed E-state index contributed by atoms with van der Waals surface area (Å²) in [6.07, 6.45) is 3.20. The largest absolute Gasteiger partial charge is 0.481 e. The van der Waals surface area contributed by atoms with Gasteiger partial charge in [0.1, 0.15) is 5.82 Å². The Hall–Kier alpha value is -0.850. The van der Waals surface area contributed by atoms with Gasteiger partial charge in [0.15, 0.2) is 0 Å². The summed E-state index contributed by atoms with van der Waals surface area (Å²) < 4.78 is 1.12. The molecule has 1 saturated heterocycles. The molecule has 4 nitrogen and oxygen atoms in total. The molecule has 0 amide bonds. The van der Waals surface area contributed by atoms with Crippen LogP contribution in [0.25, 0.3) is 0 Å². The average molecular weight is 332 g/mol. The van der Waals surface area contributed by atoms with Crippen molar-refractivity contribution < 1.29 is 9.90 Å². The maximum absolute atomic E-state index is 10.8. The van der Waals surface area contributed by atoms with E-state index in [9.17, 15) is 4.79 Å². The first-order chi connectivity index (χ1) is 7.68. The number of carboxylic acids is 1.